The van der Waals surface area contributed by atoms with Crippen molar-refractivity contribution in [3.63, 3.8) is 0 Å². The number of Topliss-reactive ketones (excluding diaryl/α,β-unsaturated/α-hetero) is 1. The van der Waals surface area contributed by atoms with Gasteiger partial charge in [-0.3, -0.25) is 4.79 Å². The van der Waals surface area contributed by atoms with Crippen LogP contribution >= 0.6 is 0 Å². The monoisotopic (exact) mass is 874 g/mol. The summed E-state index contributed by atoms with van der Waals surface area (Å²) < 4.78 is 29.8. The van der Waals surface area contributed by atoms with Gasteiger partial charge in [0.1, 0.15) is 40.6 Å². The van der Waals surface area contributed by atoms with E-state index in [0.29, 0.717) is 37.0 Å². The molecule has 6 aliphatic rings. The van der Waals surface area contributed by atoms with E-state index in [1.54, 1.807) is 33.8 Å². The van der Waals surface area contributed by atoms with Crippen molar-refractivity contribution in [3.05, 3.63) is 81.2 Å². The number of phenols is 1. The lowest BCUT2D eigenvalue weighted by molar-refractivity contribution is -0.311. The van der Waals surface area contributed by atoms with Crippen LogP contribution in [0.5, 0.6) is 11.5 Å². The van der Waals surface area contributed by atoms with Gasteiger partial charge in [0.05, 0.1) is 24.7 Å². The number of ketones is 1. The van der Waals surface area contributed by atoms with Crippen LogP contribution in [-0.2, 0) is 33.3 Å². The predicted octanol–water partition coefficient (Wildman–Crippen LogP) is 6.75. The predicted molar refractivity (Wildman–Crippen MR) is 228 cm³/mol. The van der Waals surface area contributed by atoms with Gasteiger partial charge in [0.25, 0.3) is 0 Å². The Bertz CT molecular complexity index is 2230. The smallest absolute Gasteiger partial charge is 0.346 e. The van der Waals surface area contributed by atoms with Crippen LogP contribution in [0.15, 0.2) is 70.1 Å². The van der Waals surface area contributed by atoms with E-state index < -0.39 is 106 Å². The number of esters is 2. The molecular weight excluding hydrogens is 813 g/mol. The normalized spacial score (nSPS) is 41.0. The van der Waals surface area contributed by atoms with Gasteiger partial charge in [-0.25, -0.2) is 14.4 Å². The summed E-state index contributed by atoms with van der Waals surface area (Å²) in [4.78, 5) is 55.3. The third kappa shape index (κ3) is 7.44. The Balaban J connectivity index is 1.24. The van der Waals surface area contributed by atoms with E-state index >= 15 is 4.79 Å². The zero-order valence-electron chi connectivity index (χ0n) is 37.8. The van der Waals surface area contributed by atoms with Crippen LogP contribution in [0.25, 0.3) is 0 Å². The molecule has 2 bridgehead atoms. The quantitative estimate of drug-likeness (QED) is 0.114. The molecule has 2 heterocycles. The summed E-state index contributed by atoms with van der Waals surface area (Å²) in [5.74, 6) is -6.14. The molecule has 0 radical (unpaired) electrons. The molecular formula is C49H62O14. The first-order chi connectivity index (χ1) is 29.5. The van der Waals surface area contributed by atoms with Crippen LogP contribution in [0.3, 0.4) is 0 Å². The average Bonchev–Trinajstić information content (AvgIpc) is 3.45. The number of methoxy groups -OCH3 is 1. The molecule has 7 rings (SSSR count). The molecule has 1 saturated carbocycles. The molecule has 2 saturated heterocycles. The van der Waals surface area contributed by atoms with E-state index in [-0.39, 0.29) is 35.0 Å². The number of phenolic OH excluding ortho intramolecular Hbond substituents is 1. The third-order valence-electron chi connectivity index (χ3n) is 15.1. The second-order valence-corrected chi connectivity index (χ2v) is 19.4. The summed E-state index contributed by atoms with van der Waals surface area (Å²) in [5.41, 5.74) is -1.74. The maximum Gasteiger partial charge on any atom is 0.346 e. The van der Waals surface area contributed by atoms with E-state index in [1.165, 1.54) is 19.3 Å². The minimum Gasteiger partial charge on any atom is -0.511 e. The standard InChI is InChI=1S/C49H62O14/c1-22-12-11-13-23(2)36-26(5)17-30-33(61-46-39(52)38(51)40(28(7)60-46)62-44(57)34-25(4)16-29(59-10)18-32(34)50)15-14-24(3)37(30)48(36,9)41(53)35-42(54)49(63-45(35)58)20-27(6)31(43(55)56)21-47(49,8)19-22/h13,16-19,21,24,27-28,30,33,36-40,46,50-53H,11-12,14-15,20H2,1-10H3,(H,55,56)/b22-19+,23-13+,41-35?/t24-,27+,28+,30+,33-,36+,37+,38-,39+,40+,46-,47+,48+,49+/m0/s1. The Morgan fingerprint density at radius 3 is 2.29 bits per heavy atom. The number of carboxylic acid groups (broad SMARTS) is 1. The second kappa shape index (κ2) is 16.7. The van der Waals surface area contributed by atoms with Gasteiger partial charge in [0.15, 0.2) is 18.0 Å². The number of carboxylic acids is 1. The second-order valence-electron chi connectivity index (χ2n) is 19.4. The summed E-state index contributed by atoms with van der Waals surface area (Å²) >= 11 is 0. The zero-order chi connectivity index (χ0) is 46.2. The molecule has 14 nitrogen and oxygen atoms in total. The molecule has 14 heteroatoms. The van der Waals surface area contributed by atoms with Crippen molar-refractivity contribution in [2.24, 2.45) is 40.4 Å². The number of aryl methyl sites for hydroxylation is 1. The van der Waals surface area contributed by atoms with Gasteiger partial charge >= 0.3 is 17.9 Å². The summed E-state index contributed by atoms with van der Waals surface area (Å²) in [6, 6.07) is 2.83. The number of benzene rings is 1. The Hall–Kier alpha value is -4.76. The van der Waals surface area contributed by atoms with Crippen molar-refractivity contribution in [1.29, 1.82) is 0 Å². The van der Waals surface area contributed by atoms with Gasteiger partial charge in [-0.05, 0) is 96.6 Å². The maximum absolute atomic E-state index is 15.2. The van der Waals surface area contributed by atoms with Crippen LogP contribution in [0, 0.1) is 47.3 Å². The highest BCUT2D eigenvalue weighted by molar-refractivity contribution is 6.26. The molecule has 2 aliphatic heterocycles. The number of carbonyl (C=O) groups is 4. The molecule has 1 aromatic rings. The van der Waals surface area contributed by atoms with Crippen LogP contribution in [0.4, 0.5) is 0 Å². The number of ether oxygens (including phenoxy) is 5. The maximum atomic E-state index is 15.2. The van der Waals surface area contributed by atoms with Gasteiger partial charge in [-0.1, -0.05) is 61.8 Å². The number of aliphatic hydroxyl groups is 3. The van der Waals surface area contributed by atoms with E-state index in [1.807, 2.05) is 33.8 Å². The summed E-state index contributed by atoms with van der Waals surface area (Å²) in [5, 5.41) is 56.6. The number of carbonyl (C=O) groups excluding carboxylic acids is 3. The van der Waals surface area contributed by atoms with Crippen LogP contribution in [0.1, 0.15) is 103 Å². The van der Waals surface area contributed by atoms with Crippen molar-refractivity contribution in [2.75, 3.05) is 7.11 Å². The first-order valence-electron chi connectivity index (χ1n) is 22.0. The lowest BCUT2D eigenvalue weighted by atomic mass is 9.49. The Labute approximate surface area is 368 Å². The Morgan fingerprint density at radius 2 is 1.63 bits per heavy atom. The topological polar surface area (TPSA) is 216 Å². The van der Waals surface area contributed by atoms with Crippen LogP contribution in [-0.4, -0.2) is 98.7 Å². The first kappa shape index (κ1) is 46.2. The fourth-order valence-corrected chi connectivity index (χ4v) is 12.2. The Kier molecular flexibility index (Phi) is 12.2. The van der Waals surface area contributed by atoms with Crippen molar-refractivity contribution < 1.29 is 68.4 Å². The number of aliphatic hydroxyl groups excluding tert-OH is 3. The van der Waals surface area contributed by atoms with E-state index in [9.17, 15) is 39.9 Å². The number of fused-ring (bicyclic) bond motifs is 4. The van der Waals surface area contributed by atoms with Gasteiger partial charge in [-0.15, -0.1) is 0 Å². The molecule has 5 N–H and O–H groups in total. The van der Waals surface area contributed by atoms with Gasteiger partial charge in [0, 0.05) is 35.3 Å². The van der Waals surface area contributed by atoms with Crippen molar-refractivity contribution in [2.45, 2.75) is 137 Å². The number of allylic oxidation sites excluding steroid dienone is 5. The summed E-state index contributed by atoms with van der Waals surface area (Å²) in [6.45, 7) is 16.4. The van der Waals surface area contributed by atoms with Gasteiger partial charge in [0.2, 0.25) is 5.78 Å². The lowest BCUT2D eigenvalue weighted by Crippen LogP contribution is -2.60. The first-order valence-corrected chi connectivity index (χ1v) is 22.0. The average molecular weight is 875 g/mol. The molecule has 342 valence electrons. The molecule has 1 aromatic carbocycles. The van der Waals surface area contributed by atoms with E-state index in [0.717, 1.165) is 16.7 Å². The van der Waals surface area contributed by atoms with Crippen LogP contribution < -0.4 is 4.74 Å². The van der Waals surface area contributed by atoms with Gasteiger partial charge < -0.3 is 49.2 Å². The highest BCUT2D eigenvalue weighted by Crippen LogP contribution is 2.62. The highest BCUT2D eigenvalue weighted by atomic mass is 16.7. The summed E-state index contributed by atoms with van der Waals surface area (Å²) in [7, 11) is 1.43. The molecule has 1 spiro atoms. The molecule has 0 amide bonds. The fraction of sp³-hybridized carbons (Fsp3) is 0.592. The summed E-state index contributed by atoms with van der Waals surface area (Å²) in [6.07, 6.45) is 2.29. The van der Waals surface area contributed by atoms with Gasteiger partial charge in [-0.2, -0.15) is 0 Å². The molecule has 14 atom stereocenters. The minimum atomic E-state index is -1.80. The SMILES string of the molecule is COc1cc(C)c(C(=O)O[C@H]2[C@@H](O)[C@@H](O)[C@H](O[C@H]3CC[C@H](C)[C@@H]4[C@@H]3C=C(C)[C@H]3/C(C)=C/CC/C(C)=C/[C@]5(C)C=C(C(=O)O)[C@H](C)C[C@]56OC(=O)C(=C(O)[C@@]43C)C6=O)O[C@@H]2C)c(O)c1. The number of aliphatic carboxylic acids is 1. The third-order valence-corrected chi connectivity index (χ3v) is 15.1. The van der Waals surface area contributed by atoms with Crippen molar-refractivity contribution in [3.8, 4) is 11.5 Å². The molecule has 3 fully saturated rings. The van der Waals surface area contributed by atoms with Crippen molar-refractivity contribution in [1.82, 2.24) is 0 Å². The largest absolute Gasteiger partial charge is 0.511 e. The van der Waals surface area contributed by atoms with Crippen LogP contribution in [0.2, 0.25) is 0 Å². The fourth-order valence-electron chi connectivity index (χ4n) is 12.2. The minimum absolute atomic E-state index is 0.0762. The molecule has 0 unspecified atom stereocenters. The highest BCUT2D eigenvalue weighted by Gasteiger charge is 2.67. The number of hydrogen-bond donors (Lipinski definition) is 5. The zero-order valence-corrected chi connectivity index (χ0v) is 37.8. The lowest BCUT2D eigenvalue weighted by Gasteiger charge is -2.56. The number of aromatic hydroxyl groups is 1. The number of rotatable bonds is 6. The number of hydrogen-bond acceptors (Lipinski definition) is 13. The Morgan fingerprint density at radius 1 is 0.937 bits per heavy atom. The molecule has 0 aromatic heterocycles. The van der Waals surface area contributed by atoms with Crippen molar-refractivity contribution >= 4 is 23.7 Å². The van der Waals surface area contributed by atoms with E-state index in [4.69, 9.17) is 23.7 Å². The molecule has 63 heavy (non-hydrogen) atoms. The van der Waals surface area contributed by atoms with E-state index in [2.05, 4.69) is 19.1 Å². The molecule has 4 aliphatic carbocycles.